The predicted octanol–water partition coefficient (Wildman–Crippen LogP) is 6.22. The van der Waals surface area contributed by atoms with Gasteiger partial charge in [0.1, 0.15) is 0 Å². The van der Waals surface area contributed by atoms with Crippen molar-refractivity contribution in [1.29, 1.82) is 0 Å². The Labute approximate surface area is 200 Å². The molecule has 2 N–H and O–H groups in total. The van der Waals surface area contributed by atoms with Crippen molar-refractivity contribution in [3.05, 3.63) is 137 Å². The number of para-hydroxylation sites is 1. The van der Waals surface area contributed by atoms with Crippen LogP contribution in [0.3, 0.4) is 0 Å². The number of amides is 2. The van der Waals surface area contributed by atoms with E-state index < -0.39 is 0 Å². The molecule has 34 heavy (non-hydrogen) atoms. The largest absolute Gasteiger partial charge is 0.345 e. The van der Waals surface area contributed by atoms with Crippen LogP contribution in [0.25, 0.3) is 0 Å². The summed E-state index contributed by atoms with van der Waals surface area (Å²) >= 11 is 0. The maximum absolute atomic E-state index is 13.2. The Kier molecular flexibility index (Phi) is 7.51. The summed E-state index contributed by atoms with van der Waals surface area (Å²) in [6, 6.07) is 34.6. The zero-order valence-corrected chi connectivity index (χ0v) is 19.2. The predicted molar refractivity (Wildman–Crippen MR) is 137 cm³/mol. The van der Waals surface area contributed by atoms with Gasteiger partial charge in [0.25, 0.3) is 11.8 Å². The van der Waals surface area contributed by atoms with Gasteiger partial charge >= 0.3 is 0 Å². The lowest BCUT2D eigenvalue weighted by atomic mass is 9.99. The fourth-order valence-electron chi connectivity index (χ4n) is 3.96. The molecule has 0 aliphatic carbocycles. The van der Waals surface area contributed by atoms with Crippen LogP contribution in [0.4, 0.5) is 5.69 Å². The van der Waals surface area contributed by atoms with Crippen LogP contribution in [0, 0.1) is 0 Å². The summed E-state index contributed by atoms with van der Waals surface area (Å²) in [5.74, 6) is -0.454. The first-order chi connectivity index (χ1) is 16.6. The van der Waals surface area contributed by atoms with Crippen molar-refractivity contribution in [2.75, 3.05) is 5.32 Å². The Morgan fingerprint density at radius 1 is 0.647 bits per heavy atom. The van der Waals surface area contributed by atoms with E-state index in [0.717, 1.165) is 24.0 Å². The van der Waals surface area contributed by atoms with Crippen LogP contribution in [-0.4, -0.2) is 11.8 Å². The normalized spacial score (nSPS) is 11.4. The second kappa shape index (κ2) is 11.1. The molecular formula is C30H28N2O2. The molecule has 0 spiro atoms. The molecule has 0 aromatic heterocycles. The van der Waals surface area contributed by atoms with E-state index >= 15 is 0 Å². The summed E-state index contributed by atoms with van der Waals surface area (Å²) < 4.78 is 0. The minimum atomic E-state index is -0.232. The molecule has 4 nitrogen and oxygen atoms in total. The molecular weight excluding hydrogens is 420 g/mol. The molecule has 0 saturated carbocycles. The van der Waals surface area contributed by atoms with Crippen molar-refractivity contribution in [3.63, 3.8) is 0 Å². The smallest absolute Gasteiger partial charge is 0.255 e. The number of nitrogens with one attached hydrogen (secondary N) is 2. The lowest BCUT2D eigenvalue weighted by Crippen LogP contribution is -2.28. The highest BCUT2D eigenvalue weighted by Gasteiger charge is 2.18. The zero-order valence-electron chi connectivity index (χ0n) is 19.2. The Bertz CT molecular complexity index is 1250. The van der Waals surface area contributed by atoms with Gasteiger partial charge in [-0.2, -0.15) is 0 Å². The molecule has 4 aromatic carbocycles. The molecule has 0 radical (unpaired) electrons. The SMILES string of the molecule is C[C@H](NC(=O)c1ccccc1NC(=O)c1ccccc1CCc1ccccc1)c1ccccc1. The highest BCUT2D eigenvalue weighted by Crippen LogP contribution is 2.20. The van der Waals surface area contributed by atoms with Crippen LogP contribution < -0.4 is 10.6 Å². The summed E-state index contributed by atoms with van der Waals surface area (Å²) in [6.45, 7) is 1.94. The molecule has 0 bridgehead atoms. The van der Waals surface area contributed by atoms with Crippen LogP contribution >= 0.6 is 0 Å². The number of anilines is 1. The van der Waals surface area contributed by atoms with Crippen molar-refractivity contribution < 1.29 is 9.59 Å². The van der Waals surface area contributed by atoms with E-state index in [2.05, 4.69) is 22.8 Å². The third kappa shape index (κ3) is 5.78. The molecule has 1 atom stereocenters. The molecule has 4 heteroatoms. The van der Waals surface area contributed by atoms with Gasteiger partial charge in [0.15, 0.2) is 0 Å². The summed E-state index contributed by atoms with van der Waals surface area (Å²) in [6.07, 6.45) is 1.60. The van der Waals surface area contributed by atoms with E-state index in [9.17, 15) is 9.59 Å². The lowest BCUT2D eigenvalue weighted by molar-refractivity contribution is 0.0940. The van der Waals surface area contributed by atoms with E-state index in [0.29, 0.717) is 16.8 Å². The van der Waals surface area contributed by atoms with Crippen molar-refractivity contribution >= 4 is 17.5 Å². The molecule has 2 amide bonds. The second-order valence-corrected chi connectivity index (χ2v) is 8.25. The van der Waals surface area contributed by atoms with Crippen LogP contribution in [-0.2, 0) is 12.8 Å². The average Bonchev–Trinajstić information content (AvgIpc) is 2.89. The summed E-state index contributed by atoms with van der Waals surface area (Å²) in [7, 11) is 0. The van der Waals surface area contributed by atoms with E-state index in [1.807, 2.05) is 85.8 Å². The topological polar surface area (TPSA) is 58.2 Å². The number of hydrogen-bond acceptors (Lipinski definition) is 2. The van der Waals surface area contributed by atoms with Gasteiger partial charge in [-0.25, -0.2) is 0 Å². The van der Waals surface area contributed by atoms with Gasteiger partial charge in [0, 0.05) is 5.56 Å². The van der Waals surface area contributed by atoms with Crippen LogP contribution in [0.15, 0.2) is 109 Å². The molecule has 0 fully saturated rings. The molecule has 0 saturated heterocycles. The number of hydrogen-bond donors (Lipinski definition) is 2. The van der Waals surface area contributed by atoms with Gasteiger partial charge in [-0.15, -0.1) is 0 Å². The first-order valence-corrected chi connectivity index (χ1v) is 11.5. The van der Waals surface area contributed by atoms with Crippen molar-refractivity contribution in [2.24, 2.45) is 0 Å². The molecule has 0 heterocycles. The molecule has 4 rings (SSSR count). The highest BCUT2D eigenvalue weighted by molar-refractivity contribution is 6.09. The van der Waals surface area contributed by atoms with Gasteiger partial charge in [0.05, 0.1) is 17.3 Å². The van der Waals surface area contributed by atoms with E-state index in [1.165, 1.54) is 5.56 Å². The van der Waals surface area contributed by atoms with E-state index in [4.69, 9.17) is 0 Å². The Morgan fingerprint density at radius 2 is 1.24 bits per heavy atom. The first kappa shape index (κ1) is 23.0. The van der Waals surface area contributed by atoms with Gasteiger partial charge in [-0.05, 0) is 54.7 Å². The number of aryl methyl sites for hydroxylation is 2. The maximum Gasteiger partial charge on any atom is 0.255 e. The molecule has 170 valence electrons. The minimum absolute atomic E-state index is 0.156. The third-order valence-electron chi connectivity index (χ3n) is 5.85. The van der Waals surface area contributed by atoms with Crippen LogP contribution in [0.1, 0.15) is 50.4 Å². The Morgan fingerprint density at radius 3 is 1.97 bits per heavy atom. The van der Waals surface area contributed by atoms with Crippen molar-refractivity contribution in [3.8, 4) is 0 Å². The van der Waals surface area contributed by atoms with Crippen molar-refractivity contribution in [1.82, 2.24) is 5.32 Å². The molecule has 4 aromatic rings. The van der Waals surface area contributed by atoms with Crippen LogP contribution in [0.2, 0.25) is 0 Å². The lowest BCUT2D eigenvalue weighted by Gasteiger charge is -2.17. The summed E-state index contributed by atoms with van der Waals surface area (Å²) in [4.78, 5) is 26.3. The van der Waals surface area contributed by atoms with Gasteiger partial charge in [-0.3, -0.25) is 9.59 Å². The third-order valence-corrected chi connectivity index (χ3v) is 5.85. The number of benzene rings is 4. The molecule has 0 aliphatic rings. The Balaban J connectivity index is 1.48. The fraction of sp³-hybridized carbons (Fsp3) is 0.133. The van der Waals surface area contributed by atoms with E-state index in [-0.39, 0.29) is 17.9 Å². The van der Waals surface area contributed by atoms with E-state index in [1.54, 1.807) is 18.2 Å². The summed E-state index contributed by atoms with van der Waals surface area (Å²) in [5.41, 5.74) is 4.76. The number of carbonyl (C=O) groups excluding carboxylic acids is 2. The Hall–Kier alpha value is -4.18. The highest BCUT2D eigenvalue weighted by atomic mass is 16.2. The number of carbonyl (C=O) groups is 2. The van der Waals surface area contributed by atoms with Gasteiger partial charge in [-0.1, -0.05) is 91.0 Å². The van der Waals surface area contributed by atoms with Gasteiger partial charge < -0.3 is 10.6 Å². The molecule has 0 unspecified atom stereocenters. The monoisotopic (exact) mass is 448 g/mol. The van der Waals surface area contributed by atoms with Gasteiger partial charge in [0.2, 0.25) is 0 Å². The average molecular weight is 449 g/mol. The minimum Gasteiger partial charge on any atom is -0.345 e. The zero-order chi connectivity index (χ0) is 23.8. The summed E-state index contributed by atoms with van der Waals surface area (Å²) in [5, 5.41) is 5.99. The second-order valence-electron chi connectivity index (χ2n) is 8.25. The fourth-order valence-corrected chi connectivity index (χ4v) is 3.96. The van der Waals surface area contributed by atoms with Crippen LogP contribution in [0.5, 0.6) is 0 Å². The maximum atomic E-state index is 13.2. The quantitative estimate of drug-likeness (QED) is 0.336. The van der Waals surface area contributed by atoms with Crippen molar-refractivity contribution in [2.45, 2.75) is 25.8 Å². The molecule has 0 aliphatic heterocycles. The standard InChI is InChI=1S/C30H28N2O2/c1-22(24-14-6-3-7-15-24)31-30(34)27-18-10-11-19-28(27)32-29(33)26-17-9-8-16-25(26)21-20-23-12-4-2-5-13-23/h2-19,22H,20-21H2,1H3,(H,31,34)(H,32,33)/t22-/m0/s1. The number of rotatable bonds is 8. The first-order valence-electron chi connectivity index (χ1n) is 11.5.